The first kappa shape index (κ1) is 19.3. The van der Waals surface area contributed by atoms with Crippen LogP contribution in [0.4, 0.5) is 22.7 Å². The second-order valence-electron chi connectivity index (χ2n) is 6.92. The predicted octanol–water partition coefficient (Wildman–Crippen LogP) is 7.29. The van der Waals surface area contributed by atoms with Gasteiger partial charge in [-0.2, -0.15) is 0 Å². The first-order valence-electron chi connectivity index (χ1n) is 9.38. The fourth-order valence-corrected chi connectivity index (χ4v) is 4.61. The summed E-state index contributed by atoms with van der Waals surface area (Å²) in [5.74, 6) is 0. The van der Waals surface area contributed by atoms with Crippen LogP contribution in [0.2, 0.25) is 10.0 Å². The maximum Gasteiger partial charge on any atom is 0.0890 e. The predicted molar refractivity (Wildman–Crippen MR) is 128 cm³/mol. The monoisotopic (exact) mass is 446 g/mol. The van der Waals surface area contributed by atoms with E-state index in [4.69, 9.17) is 28.2 Å². The number of hydrogen-bond donors (Lipinski definition) is 0. The van der Waals surface area contributed by atoms with Gasteiger partial charge in [-0.1, -0.05) is 53.7 Å². The molecule has 0 amide bonds. The van der Waals surface area contributed by atoms with E-state index in [-0.39, 0.29) is 0 Å². The molecule has 30 heavy (non-hydrogen) atoms. The van der Waals surface area contributed by atoms with Gasteiger partial charge in [-0.15, -0.1) is 0 Å². The summed E-state index contributed by atoms with van der Waals surface area (Å²) in [6.45, 7) is 4.30. The van der Waals surface area contributed by atoms with Crippen LogP contribution < -0.4 is 15.5 Å². The van der Waals surface area contributed by atoms with Crippen molar-refractivity contribution >= 4 is 64.3 Å². The molecule has 5 rings (SSSR count). The molecule has 0 radical (unpaired) electrons. The molecule has 5 heteroatoms. The third kappa shape index (κ3) is 3.61. The van der Waals surface area contributed by atoms with E-state index in [1.54, 1.807) is 11.8 Å². The highest BCUT2D eigenvalue weighted by molar-refractivity contribution is 7.99. The van der Waals surface area contributed by atoms with Crippen LogP contribution in [0.25, 0.3) is 6.58 Å². The van der Waals surface area contributed by atoms with Crippen molar-refractivity contribution in [2.24, 2.45) is 4.99 Å². The van der Waals surface area contributed by atoms with Crippen LogP contribution in [0.3, 0.4) is 0 Å². The van der Waals surface area contributed by atoms with Gasteiger partial charge in [0.1, 0.15) is 0 Å². The minimum Gasteiger partial charge on any atom is -0.306 e. The molecule has 0 unspecified atom stereocenters. The molecule has 0 fully saturated rings. The molecule has 1 aliphatic rings. The maximum atomic E-state index is 6.13. The smallest absolute Gasteiger partial charge is 0.0890 e. The van der Waals surface area contributed by atoms with Gasteiger partial charge < -0.3 is 4.90 Å². The first-order chi connectivity index (χ1) is 14.6. The van der Waals surface area contributed by atoms with Crippen molar-refractivity contribution in [3.8, 4) is 0 Å². The van der Waals surface area contributed by atoms with E-state index in [1.807, 2.05) is 66.7 Å². The molecular weight excluding hydrogens is 431 g/mol. The number of fused-ring (bicyclic) bond motifs is 2. The van der Waals surface area contributed by atoms with Gasteiger partial charge >= 0.3 is 0 Å². The summed E-state index contributed by atoms with van der Waals surface area (Å²) in [4.78, 5) is 9.31. The summed E-state index contributed by atoms with van der Waals surface area (Å²) in [6.07, 6.45) is 0. The first-order valence-corrected chi connectivity index (χ1v) is 11.0. The number of para-hydroxylation sites is 2. The highest BCUT2D eigenvalue weighted by Gasteiger charge is 2.21. The van der Waals surface area contributed by atoms with E-state index >= 15 is 0 Å². The molecule has 0 N–H and O–H groups in total. The van der Waals surface area contributed by atoms with Crippen molar-refractivity contribution in [2.45, 2.75) is 9.79 Å². The normalized spacial score (nSPS) is 12.1. The molecule has 0 spiro atoms. The minimum atomic E-state index is 0.710. The van der Waals surface area contributed by atoms with Gasteiger partial charge in [0.25, 0.3) is 0 Å². The molecule has 0 aromatic heterocycles. The van der Waals surface area contributed by atoms with Gasteiger partial charge in [-0.3, -0.25) is 0 Å². The third-order valence-electron chi connectivity index (χ3n) is 4.89. The number of anilines is 3. The molecule has 2 nitrogen and oxygen atoms in total. The number of halogens is 2. The Bertz CT molecular complexity index is 1350. The molecule has 1 aliphatic heterocycles. The zero-order valence-corrected chi connectivity index (χ0v) is 18.2. The van der Waals surface area contributed by atoms with E-state index in [9.17, 15) is 0 Å². The maximum absolute atomic E-state index is 6.13. The van der Waals surface area contributed by atoms with Gasteiger partial charge in [0, 0.05) is 25.5 Å². The van der Waals surface area contributed by atoms with Crippen molar-refractivity contribution in [2.75, 3.05) is 4.90 Å². The largest absolute Gasteiger partial charge is 0.306 e. The van der Waals surface area contributed by atoms with Gasteiger partial charge in [0.15, 0.2) is 0 Å². The summed E-state index contributed by atoms with van der Waals surface area (Å²) in [5, 5.41) is 3.29. The van der Waals surface area contributed by atoms with Gasteiger partial charge in [-0.05, 0) is 78.0 Å². The van der Waals surface area contributed by atoms with Crippen LogP contribution in [-0.4, -0.2) is 0 Å². The molecule has 4 aromatic carbocycles. The van der Waals surface area contributed by atoms with Gasteiger partial charge in [-0.25, -0.2) is 4.99 Å². The average molecular weight is 447 g/mol. The molecule has 0 atom stereocenters. The van der Waals surface area contributed by atoms with E-state index in [0.29, 0.717) is 5.02 Å². The van der Waals surface area contributed by atoms with Crippen molar-refractivity contribution in [3.63, 3.8) is 0 Å². The molecule has 0 saturated carbocycles. The summed E-state index contributed by atoms with van der Waals surface area (Å²) >= 11 is 13.8. The zero-order chi connectivity index (χ0) is 20.7. The van der Waals surface area contributed by atoms with Gasteiger partial charge in [0.05, 0.1) is 22.4 Å². The summed E-state index contributed by atoms with van der Waals surface area (Å²) in [7, 11) is 0. The quantitative estimate of drug-likeness (QED) is 0.289. The molecular formula is C25H16Cl2N2S. The van der Waals surface area contributed by atoms with Crippen molar-refractivity contribution in [1.82, 2.24) is 0 Å². The van der Waals surface area contributed by atoms with Crippen molar-refractivity contribution in [1.29, 1.82) is 0 Å². The minimum absolute atomic E-state index is 0.710. The van der Waals surface area contributed by atoms with Crippen LogP contribution in [0.5, 0.6) is 0 Å². The Kier molecular flexibility index (Phi) is 5.03. The fraction of sp³-hybridized carbons (Fsp3) is 0. The van der Waals surface area contributed by atoms with E-state index in [0.717, 1.165) is 48.1 Å². The fourth-order valence-electron chi connectivity index (χ4n) is 3.47. The molecule has 146 valence electrons. The SMILES string of the molecule is C=c1cc2c(cc1Sc1ccc(Cl)cc1)=Nc1ccccc1N2c1ccc(Cl)cc1. The number of benzene rings is 4. The molecule has 0 bridgehead atoms. The lowest BCUT2D eigenvalue weighted by atomic mass is 10.1. The van der Waals surface area contributed by atoms with Crippen molar-refractivity contribution < 1.29 is 0 Å². The van der Waals surface area contributed by atoms with Gasteiger partial charge in [0.2, 0.25) is 0 Å². The van der Waals surface area contributed by atoms with Crippen LogP contribution in [0.15, 0.2) is 99.7 Å². The highest BCUT2D eigenvalue weighted by atomic mass is 35.5. The van der Waals surface area contributed by atoms with E-state index in [1.165, 1.54) is 0 Å². The second kappa shape index (κ2) is 7.84. The summed E-state index contributed by atoms with van der Waals surface area (Å²) in [6, 6.07) is 28.0. The standard InChI is InChI=1S/C25H16Cl2N2S/c1-16-14-24-22(15-25(16)30-20-12-8-18(27)9-13-20)28-21-4-2-3-5-23(21)29(24)19-10-6-17(26)7-11-19/h2-15H,1H2. The highest BCUT2D eigenvalue weighted by Crippen LogP contribution is 2.41. The third-order valence-corrected chi connectivity index (χ3v) is 6.50. The second-order valence-corrected chi connectivity index (χ2v) is 8.91. The molecule has 0 saturated heterocycles. The Balaban J connectivity index is 1.67. The summed E-state index contributed by atoms with van der Waals surface area (Å²) in [5.41, 5.74) is 3.99. The number of nitrogens with zero attached hydrogens (tertiary/aromatic N) is 2. The van der Waals surface area contributed by atoms with Crippen molar-refractivity contribution in [3.05, 3.63) is 106 Å². The van der Waals surface area contributed by atoms with Crippen LogP contribution in [0, 0.1) is 0 Å². The lowest BCUT2D eigenvalue weighted by molar-refractivity contribution is 1.14. The molecule has 1 heterocycles. The lowest BCUT2D eigenvalue weighted by Crippen LogP contribution is -2.25. The Morgan fingerprint density at radius 1 is 0.767 bits per heavy atom. The van der Waals surface area contributed by atoms with E-state index in [2.05, 4.69) is 29.7 Å². The Morgan fingerprint density at radius 2 is 1.43 bits per heavy atom. The molecule has 4 aromatic rings. The average Bonchev–Trinajstić information content (AvgIpc) is 2.75. The Hall–Kier alpha value is -2.72. The zero-order valence-electron chi connectivity index (χ0n) is 15.8. The topological polar surface area (TPSA) is 15.6 Å². The van der Waals surface area contributed by atoms with E-state index < -0.39 is 0 Å². The lowest BCUT2D eigenvalue weighted by Gasteiger charge is -2.29. The summed E-state index contributed by atoms with van der Waals surface area (Å²) < 4.78 is 0. The Labute approximate surface area is 189 Å². The number of rotatable bonds is 3. The number of hydrogen-bond acceptors (Lipinski definition) is 3. The Morgan fingerprint density at radius 3 is 2.17 bits per heavy atom. The van der Waals surface area contributed by atoms with Crippen LogP contribution in [-0.2, 0) is 0 Å². The van der Waals surface area contributed by atoms with Crippen LogP contribution in [0.1, 0.15) is 0 Å². The van der Waals surface area contributed by atoms with Crippen LogP contribution >= 0.6 is 35.0 Å². The molecule has 0 aliphatic carbocycles.